The van der Waals surface area contributed by atoms with Crippen molar-refractivity contribution in [3.8, 4) is 0 Å². The molecule has 0 unspecified atom stereocenters. The molecule has 1 aromatic rings. The highest BCUT2D eigenvalue weighted by Gasteiger charge is 2.26. The number of benzene rings is 1. The third kappa shape index (κ3) is 4.21. The summed E-state index contributed by atoms with van der Waals surface area (Å²) in [6.45, 7) is 0. The van der Waals surface area contributed by atoms with Crippen LogP contribution < -0.4 is 10.4 Å². The van der Waals surface area contributed by atoms with Gasteiger partial charge in [0.15, 0.2) is 0 Å². The van der Waals surface area contributed by atoms with Crippen LogP contribution in [-0.4, -0.2) is 19.0 Å². The van der Waals surface area contributed by atoms with E-state index in [0.29, 0.717) is 11.1 Å². The molecule has 0 fully saturated rings. The van der Waals surface area contributed by atoms with Gasteiger partial charge in [-0.3, -0.25) is 0 Å². The van der Waals surface area contributed by atoms with Crippen molar-refractivity contribution in [3.05, 3.63) is 119 Å². The zero-order valence-electron chi connectivity index (χ0n) is 17.2. The average Bonchev–Trinajstić information content (AvgIpc) is 3.60. The van der Waals surface area contributed by atoms with E-state index in [1.54, 1.807) is 32.7 Å². The lowest BCUT2D eigenvalue weighted by molar-refractivity contribution is 1.01. The van der Waals surface area contributed by atoms with E-state index >= 15 is 0 Å². The second-order valence-electron chi connectivity index (χ2n) is 8.20. The van der Waals surface area contributed by atoms with Gasteiger partial charge >= 0.3 is 0 Å². The standard InChI is InChI=1S/C28H26Si2/c1-2-12-21(11-1)27(22-13-3-4-14-22)29-25-19-9-10-20-26(25)30-28(23-15-5-6-16-23)24-17-7-8-18-24/h1-11,13,15,17,19-20,27-28H,12,14,16,18H2. The summed E-state index contributed by atoms with van der Waals surface area (Å²) in [5.74, 6) is 0. The normalized spacial score (nSPS) is 19.3. The molecular weight excluding hydrogens is 392 g/mol. The van der Waals surface area contributed by atoms with Crippen LogP contribution in [0.4, 0.5) is 0 Å². The number of hydrogen-bond donors (Lipinski definition) is 0. The van der Waals surface area contributed by atoms with E-state index in [1.165, 1.54) is 0 Å². The van der Waals surface area contributed by atoms with E-state index in [4.69, 9.17) is 0 Å². The lowest BCUT2D eigenvalue weighted by Crippen LogP contribution is -2.40. The topological polar surface area (TPSA) is 0 Å². The van der Waals surface area contributed by atoms with Crippen molar-refractivity contribution in [2.45, 2.75) is 36.8 Å². The molecule has 4 aliphatic rings. The predicted octanol–water partition coefficient (Wildman–Crippen LogP) is 5.47. The van der Waals surface area contributed by atoms with Crippen molar-refractivity contribution >= 4 is 29.4 Å². The van der Waals surface area contributed by atoms with Crippen molar-refractivity contribution in [1.82, 2.24) is 0 Å². The highest BCUT2D eigenvalue weighted by Crippen LogP contribution is 2.36. The fraction of sp³-hybridized carbons (Fsp3) is 0.214. The third-order valence-electron chi connectivity index (χ3n) is 6.21. The second kappa shape index (κ2) is 9.15. The zero-order chi connectivity index (χ0) is 20.2. The Labute approximate surface area is 185 Å². The van der Waals surface area contributed by atoms with Crippen LogP contribution >= 0.6 is 0 Å². The first kappa shape index (κ1) is 19.5. The van der Waals surface area contributed by atoms with E-state index in [-0.39, 0.29) is 0 Å². The predicted molar refractivity (Wildman–Crippen MR) is 132 cm³/mol. The molecule has 0 N–H and O–H groups in total. The molecule has 146 valence electrons. The molecule has 1 aromatic carbocycles. The van der Waals surface area contributed by atoms with Crippen molar-refractivity contribution in [3.63, 3.8) is 0 Å². The second-order valence-corrected chi connectivity index (χ2v) is 11.0. The van der Waals surface area contributed by atoms with Crippen LogP contribution in [0.25, 0.3) is 0 Å². The number of allylic oxidation sites excluding steroid dienone is 16. The quantitative estimate of drug-likeness (QED) is 0.491. The summed E-state index contributed by atoms with van der Waals surface area (Å²) in [5, 5.41) is 3.12. The van der Waals surface area contributed by atoms with Gasteiger partial charge in [0.2, 0.25) is 0 Å². The Morgan fingerprint density at radius 3 is 1.10 bits per heavy atom. The van der Waals surface area contributed by atoms with Gasteiger partial charge < -0.3 is 0 Å². The Hall–Kier alpha value is -2.43. The van der Waals surface area contributed by atoms with Gasteiger partial charge in [-0.2, -0.15) is 0 Å². The van der Waals surface area contributed by atoms with E-state index < -0.39 is 0 Å². The summed E-state index contributed by atoms with van der Waals surface area (Å²) in [5.41, 5.74) is 7.46. The molecule has 4 radical (unpaired) electrons. The Bertz CT molecular complexity index is 911. The van der Waals surface area contributed by atoms with Gasteiger partial charge in [0.05, 0.1) is 19.0 Å². The van der Waals surface area contributed by atoms with Gasteiger partial charge in [0.25, 0.3) is 0 Å². The molecule has 0 saturated carbocycles. The van der Waals surface area contributed by atoms with Gasteiger partial charge in [-0.15, -0.1) is 0 Å². The van der Waals surface area contributed by atoms with Gasteiger partial charge in [0.1, 0.15) is 0 Å². The molecular formula is C28H26Si2. The maximum atomic E-state index is 2.39. The fourth-order valence-electron chi connectivity index (χ4n) is 4.60. The summed E-state index contributed by atoms with van der Waals surface area (Å²) < 4.78 is 0. The molecule has 0 aromatic heterocycles. The summed E-state index contributed by atoms with van der Waals surface area (Å²) in [4.78, 5) is 0. The molecule has 0 saturated heterocycles. The van der Waals surface area contributed by atoms with Crippen molar-refractivity contribution in [2.24, 2.45) is 0 Å². The highest BCUT2D eigenvalue weighted by atomic mass is 28.2. The third-order valence-corrected chi connectivity index (χ3v) is 10.0. The van der Waals surface area contributed by atoms with E-state index in [1.807, 2.05) is 0 Å². The molecule has 0 heterocycles. The maximum absolute atomic E-state index is 2.39. The van der Waals surface area contributed by atoms with Crippen molar-refractivity contribution in [2.75, 3.05) is 0 Å². The lowest BCUT2D eigenvalue weighted by atomic mass is 10.0. The molecule has 0 amide bonds. The molecule has 4 aliphatic carbocycles. The molecule has 0 atom stereocenters. The van der Waals surface area contributed by atoms with Crippen LogP contribution in [0.1, 0.15) is 25.7 Å². The molecule has 5 rings (SSSR count). The van der Waals surface area contributed by atoms with Gasteiger partial charge in [-0.1, -0.05) is 130 Å². The molecule has 0 aliphatic heterocycles. The number of rotatable bonds is 8. The van der Waals surface area contributed by atoms with Crippen LogP contribution in [0, 0.1) is 0 Å². The Kier molecular flexibility index (Phi) is 5.96. The van der Waals surface area contributed by atoms with Gasteiger partial charge in [-0.25, -0.2) is 0 Å². The fourth-order valence-corrected chi connectivity index (χ4v) is 8.12. The van der Waals surface area contributed by atoms with Crippen molar-refractivity contribution < 1.29 is 0 Å². The van der Waals surface area contributed by atoms with Gasteiger partial charge in [-0.05, 0) is 36.8 Å². The Balaban J connectivity index is 1.41. The zero-order valence-corrected chi connectivity index (χ0v) is 19.2. The van der Waals surface area contributed by atoms with Crippen LogP contribution in [0.2, 0.25) is 11.1 Å². The van der Waals surface area contributed by atoms with Crippen LogP contribution in [-0.2, 0) is 0 Å². The SMILES string of the molecule is C1=CCC(C([Si]c2ccccc2[Si]C(C2=CC=CC2)C2=CC=CC2)C2=CC=CC2)=C1. The summed E-state index contributed by atoms with van der Waals surface area (Å²) in [6, 6.07) is 9.24. The first-order valence-electron chi connectivity index (χ1n) is 10.9. The average molecular weight is 419 g/mol. The summed E-state index contributed by atoms with van der Waals surface area (Å²) in [7, 11) is 1.61. The van der Waals surface area contributed by atoms with E-state index in [2.05, 4.69) is 97.2 Å². The van der Waals surface area contributed by atoms with Gasteiger partial charge in [0, 0.05) is 0 Å². The first-order chi connectivity index (χ1) is 14.9. The molecule has 2 heteroatoms. The smallest absolute Gasteiger partial charge is 0.0805 e. The minimum absolute atomic E-state index is 0.555. The summed E-state index contributed by atoms with van der Waals surface area (Å²) >= 11 is 0. The van der Waals surface area contributed by atoms with E-state index in [9.17, 15) is 0 Å². The lowest BCUT2D eigenvalue weighted by Gasteiger charge is -2.24. The Morgan fingerprint density at radius 1 is 0.500 bits per heavy atom. The minimum Gasteiger partial charge on any atom is -0.0805 e. The van der Waals surface area contributed by atoms with Crippen LogP contribution in [0.3, 0.4) is 0 Å². The van der Waals surface area contributed by atoms with Crippen molar-refractivity contribution in [1.29, 1.82) is 0 Å². The first-order valence-corrected chi connectivity index (χ1v) is 13.1. The summed E-state index contributed by atoms with van der Waals surface area (Å²) in [6.07, 6.45) is 32.0. The number of hydrogen-bond acceptors (Lipinski definition) is 0. The maximum Gasteiger partial charge on any atom is 0.0938 e. The highest BCUT2D eigenvalue weighted by molar-refractivity contribution is 6.69. The van der Waals surface area contributed by atoms with Crippen LogP contribution in [0.5, 0.6) is 0 Å². The molecule has 0 bridgehead atoms. The minimum atomic E-state index is 0.555. The monoisotopic (exact) mass is 418 g/mol. The molecule has 30 heavy (non-hydrogen) atoms. The molecule has 0 nitrogen and oxygen atoms in total. The largest absolute Gasteiger partial charge is 0.0938 e. The Morgan fingerprint density at radius 2 is 0.833 bits per heavy atom. The van der Waals surface area contributed by atoms with Crippen LogP contribution in [0.15, 0.2) is 119 Å². The van der Waals surface area contributed by atoms with E-state index in [0.717, 1.165) is 44.7 Å². The molecule has 0 spiro atoms.